The van der Waals surface area contributed by atoms with E-state index in [0.29, 0.717) is 26.1 Å². The van der Waals surface area contributed by atoms with E-state index in [4.69, 9.17) is 0 Å². The SMILES string of the molecule is O=C(NCCc1ccc(S(=O)(=O)NC2CCCC2)cc1)C1CC(=O)N(Cc2ccccc2)C1. The van der Waals surface area contributed by atoms with Gasteiger partial charge in [0.05, 0.1) is 10.8 Å². The zero-order chi connectivity index (χ0) is 23.3. The summed E-state index contributed by atoms with van der Waals surface area (Å²) in [6.45, 7) is 1.39. The fraction of sp³-hybridized carbons (Fsp3) is 0.440. The molecule has 8 heteroatoms. The van der Waals surface area contributed by atoms with Crippen molar-refractivity contribution in [2.24, 2.45) is 5.92 Å². The van der Waals surface area contributed by atoms with Crippen LogP contribution < -0.4 is 10.0 Å². The first-order valence-corrected chi connectivity index (χ1v) is 13.1. The van der Waals surface area contributed by atoms with Crippen molar-refractivity contribution in [3.8, 4) is 0 Å². The molecule has 2 N–H and O–H groups in total. The molecule has 0 aromatic heterocycles. The van der Waals surface area contributed by atoms with Crippen LogP contribution in [0.3, 0.4) is 0 Å². The highest BCUT2D eigenvalue weighted by atomic mass is 32.2. The molecule has 2 amide bonds. The Morgan fingerprint density at radius 2 is 1.67 bits per heavy atom. The Bertz CT molecular complexity index is 1060. The van der Waals surface area contributed by atoms with Crippen molar-refractivity contribution in [2.75, 3.05) is 13.1 Å². The first-order valence-electron chi connectivity index (χ1n) is 11.6. The van der Waals surface area contributed by atoms with Gasteiger partial charge >= 0.3 is 0 Å². The van der Waals surface area contributed by atoms with Crippen LogP contribution in [0.15, 0.2) is 59.5 Å². The maximum absolute atomic E-state index is 12.6. The van der Waals surface area contributed by atoms with E-state index in [1.54, 1.807) is 29.2 Å². The van der Waals surface area contributed by atoms with E-state index >= 15 is 0 Å². The standard InChI is InChI=1S/C25H31N3O4S/c29-24-16-21(18-28(24)17-20-6-2-1-3-7-20)25(30)26-15-14-19-10-12-23(13-11-19)33(31,32)27-22-8-4-5-9-22/h1-3,6-7,10-13,21-22,27H,4-5,8-9,14-18H2,(H,26,30). The summed E-state index contributed by atoms with van der Waals surface area (Å²) in [4.78, 5) is 26.9. The van der Waals surface area contributed by atoms with Crippen molar-refractivity contribution in [3.05, 3.63) is 65.7 Å². The molecule has 1 atom stereocenters. The Hall–Kier alpha value is -2.71. The van der Waals surface area contributed by atoms with Crippen molar-refractivity contribution >= 4 is 21.8 Å². The molecule has 1 saturated carbocycles. The molecule has 2 aromatic rings. The van der Waals surface area contributed by atoms with Crippen molar-refractivity contribution in [1.29, 1.82) is 0 Å². The third-order valence-corrected chi connectivity index (χ3v) is 7.96. The Labute approximate surface area is 195 Å². The van der Waals surface area contributed by atoms with E-state index in [9.17, 15) is 18.0 Å². The molecule has 4 rings (SSSR count). The Balaban J connectivity index is 1.23. The molecule has 176 valence electrons. The van der Waals surface area contributed by atoms with Gasteiger partial charge in [-0.15, -0.1) is 0 Å². The number of benzene rings is 2. The van der Waals surface area contributed by atoms with E-state index in [0.717, 1.165) is 36.8 Å². The Morgan fingerprint density at radius 3 is 2.36 bits per heavy atom. The number of hydrogen-bond donors (Lipinski definition) is 2. The maximum Gasteiger partial charge on any atom is 0.240 e. The summed E-state index contributed by atoms with van der Waals surface area (Å²) in [5.74, 6) is -0.448. The van der Waals surface area contributed by atoms with Crippen LogP contribution in [0.25, 0.3) is 0 Å². The van der Waals surface area contributed by atoms with E-state index in [1.165, 1.54) is 0 Å². The van der Waals surface area contributed by atoms with Gasteiger partial charge in [-0.25, -0.2) is 13.1 Å². The number of nitrogens with zero attached hydrogens (tertiary/aromatic N) is 1. The molecule has 0 spiro atoms. The molecule has 2 aromatic carbocycles. The molecular formula is C25H31N3O4S. The van der Waals surface area contributed by atoms with Crippen molar-refractivity contribution in [1.82, 2.24) is 14.9 Å². The first-order chi connectivity index (χ1) is 15.9. The predicted molar refractivity (Wildman–Crippen MR) is 126 cm³/mol. The average molecular weight is 470 g/mol. The summed E-state index contributed by atoms with van der Waals surface area (Å²) >= 11 is 0. The van der Waals surface area contributed by atoms with Crippen molar-refractivity contribution < 1.29 is 18.0 Å². The molecule has 1 unspecified atom stereocenters. The van der Waals surface area contributed by atoms with Crippen LogP contribution in [0.1, 0.15) is 43.2 Å². The smallest absolute Gasteiger partial charge is 0.240 e. The third kappa shape index (κ3) is 6.21. The number of sulfonamides is 1. The van der Waals surface area contributed by atoms with Crippen LogP contribution in [-0.4, -0.2) is 44.3 Å². The lowest BCUT2D eigenvalue weighted by atomic mass is 10.1. The Kier molecular flexibility index (Phi) is 7.45. The van der Waals surface area contributed by atoms with Crippen LogP contribution in [0.2, 0.25) is 0 Å². The number of nitrogens with one attached hydrogen (secondary N) is 2. The van der Waals surface area contributed by atoms with E-state index in [-0.39, 0.29) is 35.1 Å². The number of carbonyl (C=O) groups excluding carboxylic acids is 2. The van der Waals surface area contributed by atoms with E-state index in [1.807, 2.05) is 30.3 Å². The van der Waals surface area contributed by atoms with Gasteiger partial charge in [-0.3, -0.25) is 9.59 Å². The van der Waals surface area contributed by atoms with E-state index in [2.05, 4.69) is 10.0 Å². The van der Waals surface area contributed by atoms with Crippen LogP contribution in [0, 0.1) is 5.92 Å². The first kappa shape index (κ1) is 23.4. The summed E-state index contributed by atoms with van der Waals surface area (Å²) in [6, 6.07) is 16.6. The van der Waals surface area contributed by atoms with E-state index < -0.39 is 10.0 Å². The third-order valence-electron chi connectivity index (χ3n) is 6.43. The molecule has 1 aliphatic heterocycles. The van der Waals surface area contributed by atoms with Crippen molar-refractivity contribution in [3.63, 3.8) is 0 Å². The number of carbonyl (C=O) groups is 2. The highest BCUT2D eigenvalue weighted by molar-refractivity contribution is 7.89. The monoisotopic (exact) mass is 469 g/mol. The largest absolute Gasteiger partial charge is 0.355 e. The number of hydrogen-bond acceptors (Lipinski definition) is 4. The molecule has 0 bridgehead atoms. The van der Waals surface area contributed by atoms with Gasteiger partial charge in [-0.2, -0.15) is 0 Å². The van der Waals surface area contributed by atoms with Crippen LogP contribution in [-0.2, 0) is 32.6 Å². The maximum atomic E-state index is 12.6. The van der Waals surface area contributed by atoms with Gasteiger partial charge in [0.1, 0.15) is 0 Å². The topological polar surface area (TPSA) is 95.6 Å². The molecule has 7 nitrogen and oxygen atoms in total. The van der Waals surface area contributed by atoms with Gasteiger partial charge in [-0.05, 0) is 42.5 Å². The normalized spacial score (nSPS) is 19.2. The van der Waals surface area contributed by atoms with Crippen molar-refractivity contribution in [2.45, 2.75) is 56.0 Å². The lowest BCUT2D eigenvalue weighted by Gasteiger charge is -2.16. The quantitative estimate of drug-likeness (QED) is 0.590. The summed E-state index contributed by atoms with van der Waals surface area (Å²) in [7, 11) is -3.49. The van der Waals surface area contributed by atoms with Gasteiger partial charge in [-0.1, -0.05) is 55.3 Å². The molecule has 1 heterocycles. The van der Waals surface area contributed by atoms with Crippen LogP contribution >= 0.6 is 0 Å². The molecule has 0 radical (unpaired) electrons. The highest BCUT2D eigenvalue weighted by Crippen LogP contribution is 2.22. The average Bonchev–Trinajstić information content (AvgIpc) is 3.44. The van der Waals surface area contributed by atoms with Gasteiger partial charge in [0.25, 0.3) is 0 Å². The summed E-state index contributed by atoms with van der Waals surface area (Å²) in [5.41, 5.74) is 2.00. The minimum absolute atomic E-state index is 0.00187. The van der Waals surface area contributed by atoms with Crippen LogP contribution in [0.5, 0.6) is 0 Å². The molecule has 2 fully saturated rings. The molecular weight excluding hydrogens is 438 g/mol. The highest BCUT2D eigenvalue weighted by Gasteiger charge is 2.34. The fourth-order valence-electron chi connectivity index (χ4n) is 4.55. The second-order valence-electron chi connectivity index (χ2n) is 8.95. The summed E-state index contributed by atoms with van der Waals surface area (Å²) in [5, 5.41) is 2.92. The lowest BCUT2D eigenvalue weighted by molar-refractivity contribution is -0.129. The molecule has 1 aliphatic carbocycles. The number of amides is 2. The minimum Gasteiger partial charge on any atom is -0.355 e. The van der Waals surface area contributed by atoms with Crippen LogP contribution in [0.4, 0.5) is 0 Å². The van der Waals surface area contributed by atoms with Gasteiger partial charge in [0.15, 0.2) is 0 Å². The number of rotatable bonds is 9. The van der Waals surface area contributed by atoms with Gasteiger partial charge < -0.3 is 10.2 Å². The van der Waals surface area contributed by atoms with Gasteiger partial charge in [0.2, 0.25) is 21.8 Å². The zero-order valence-corrected chi connectivity index (χ0v) is 19.5. The second-order valence-corrected chi connectivity index (χ2v) is 10.7. The lowest BCUT2D eigenvalue weighted by Crippen LogP contribution is -2.34. The minimum atomic E-state index is -3.49. The molecule has 1 saturated heterocycles. The zero-order valence-electron chi connectivity index (χ0n) is 18.7. The fourth-order valence-corrected chi connectivity index (χ4v) is 5.85. The number of likely N-dealkylation sites (tertiary alicyclic amines) is 1. The second kappa shape index (κ2) is 10.5. The van der Waals surface area contributed by atoms with Gasteiger partial charge in [0, 0.05) is 32.1 Å². The predicted octanol–water partition coefficient (Wildman–Crippen LogP) is 2.61. The molecule has 2 aliphatic rings. The molecule has 33 heavy (non-hydrogen) atoms. The Morgan fingerprint density at radius 1 is 0.970 bits per heavy atom. The summed E-state index contributed by atoms with van der Waals surface area (Å²) < 4.78 is 27.8. The summed E-state index contributed by atoms with van der Waals surface area (Å²) in [6.07, 6.45) is 4.76.